The molecule has 40 nitrogen and oxygen atoms in total. The largest absolute Gasteiger partial charge is 0.508 e. The average molecular weight is 1630 g/mol. The molecule has 0 aromatic heterocycles. The molecule has 4 aromatic carbocycles. The average Bonchev–Trinajstić information content (AvgIpc) is 1.70. The first-order valence-electron chi connectivity index (χ1n) is 35.8. The minimum absolute atomic E-state index is 0.0276. The summed E-state index contributed by atoms with van der Waals surface area (Å²) in [5, 5.41) is 179. The second-order valence-electron chi connectivity index (χ2n) is 27.1. The Hall–Kier alpha value is -8.84. The first-order chi connectivity index (χ1) is 54.8. The highest BCUT2D eigenvalue weighted by molar-refractivity contribution is 5.90. The van der Waals surface area contributed by atoms with E-state index >= 15 is 0 Å². The Kier molecular flexibility index (Phi) is 30.7. The molecule has 4 aromatic rings. The molecule has 0 radical (unpaired) electrons. The summed E-state index contributed by atoms with van der Waals surface area (Å²) < 4.78 is 107. The fourth-order valence-electron chi connectivity index (χ4n) is 12.9. The fraction of sp³-hybridized carbons (Fsp3) is 0.520. The molecule has 40 heteroatoms. The van der Waals surface area contributed by atoms with Gasteiger partial charge in [-0.05, 0) is 90.4 Å². The first kappa shape index (κ1) is 88.5. The van der Waals surface area contributed by atoms with Crippen LogP contribution in [-0.4, -0.2) is 342 Å². The lowest BCUT2D eigenvalue weighted by molar-refractivity contribution is -0.423. The van der Waals surface area contributed by atoms with E-state index in [0.29, 0.717) is 11.1 Å². The number of hydrogen-bond acceptors (Lipinski definition) is 40. The Balaban J connectivity index is 1.09. The SMILES string of the molecule is COc1cc(/C=C/C(=O)OC[C@H]2O[C@@H](O[C@H]3[C@@H](O[C@]4(COC(=O)/C=C/c5ccc(O)cc5)O[C@H](CO)[C@@H](O)[C@@H]4OC(=O)c4ccccc4)O[C@H](CO)[C@@H](OC(=O)/C=C/c4ccc(O[C@@H]5O[C@@H](C)[C@H](O)[C@@H](O)[C@H]5O)cc4)[C@@H]3O[C@@H]3O[C@H](CO)[C@@H](OC(C)=O)[C@H](O[C@@H]4O[C@H](COC(C)=O)[C@@H](O)[C@H](O)[C@H]4O)[C@H]3O)[C@H](O)[C@@H](O)[C@@H]2O)ccc1O. The number of rotatable bonds is 30. The van der Waals surface area contributed by atoms with Gasteiger partial charge in [-0.2, -0.15) is 0 Å². The minimum Gasteiger partial charge on any atom is -0.508 e. The zero-order chi connectivity index (χ0) is 83.3. The van der Waals surface area contributed by atoms with Crippen LogP contribution in [0.2, 0.25) is 0 Å². The van der Waals surface area contributed by atoms with Crippen molar-refractivity contribution in [3.05, 3.63) is 138 Å². The van der Waals surface area contributed by atoms with Crippen molar-refractivity contribution in [2.75, 3.05) is 46.8 Å². The van der Waals surface area contributed by atoms with Crippen LogP contribution < -0.4 is 9.47 Å². The Bertz CT molecular complexity index is 3980. The van der Waals surface area contributed by atoms with Crippen LogP contribution in [0.3, 0.4) is 0 Å². The smallest absolute Gasteiger partial charge is 0.338 e. The van der Waals surface area contributed by atoms with Crippen LogP contribution >= 0.6 is 0 Å². The Morgan fingerprint density at radius 2 is 0.939 bits per heavy atom. The van der Waals surface area contributed by atoms with Gasteiger partial charge in [0.15, 0.2) is 55.0 Å². The van der Waals surface area contributed by atoms with Crippen LogP contribution in [0.1, 0.15) is 47.8 Å². The van der Waals surface area contributed by atoms with Gasteiger partial charge >= 0.3 is 35.8 Å². The first-order valence-corrected chi connectivity index (χ1v) is 35.8. The summed E-state index contributed by atoms with van der Waals surface area (Å²) in [6, 6.07) is 21.9. The minimum atomic E-state index is -3.09. The molecule has 6 aliphatic heterocycles. The fourth-order valence-corrected chi connectivity index (χ4v) is 12.9. The summed E-state index contributed by atoms with van der Waals surface area (Å²) in [4.78, 5) is 81.3. The van der Waals surface area contributed by atoms with Crippen LogP contribution in [0.25, 0.3) is 18.2 Å². The van der Waals surface area contributed by atoms with Crippen LogP contribution in [0.5, 0.6) is 23.0 Å². The summed E-state index contributed by atoms with van der Waals surface area (Å²) in [5.74, 6) is -10.4. The number of benzene rings is 4. The summed E-state index contributed by atoms with van der Waals surface area (Å²) >= 11 is 0. The van der Waals surface area contributed by atoms with Gasteiger partial charge in [0.2, 0.25) is 12.1 Å². The van der Waals surface area contributed by atoms with Gasteiger partial charge < -0.3 is 167 Å². The maximum atomic E-state index is 14.7. The number of phenols is 2. The van der Waals surface area contributed by atoms with E-state index in [2.05, 4.69) is 0 Å². The maximum absolute atomic E-state index is 14.7. The van der Waals surface area contributed by atoms with Gasteiger partial charge in [-0.1, -0.05) is 48.5 Å². The Labute approximate surface area is 653 Å². The lowest BCUT2D eigenvalue weighted by Crippen LogP contribution is -2.69. The van der Waals surface area contributed by atoms with E-state index in [1.807, 2.05) is 0 Å². The highest BCUT2D eigenvalue weighted by Gasteiger charge is 2.65. The molecule has 0 aliphatic carbocycles. The highest BCUT2D eigenvalue weighted by Crippen LogP contribution is 2.43. The predicted octanol–water partition coefficient (Wildman–Crippen LogP) is -4.50. The van der Waals surface area contributed by atoms with E-state index in [4.69, 9.17) is 85.3 Å². The van der Waals surface area contributed by atoms with Crippen molar-refractivity contribution < 1.29 is 196 Å². The highest BCUT2D eigenvalue weighted by atomic mass is 16.8. The monoisotopic (exact) mass is 1630 g/mol. The zero-order valence-corrected chi connectivity index (χ0v) is 61.6. The Morgan fingerprint density at radius 3 is 1.52 bits per heavy atom. The molecule has 6 heterocycles. The van der Waals surface area contributed by atoms with E-state index in [1.165, 1.54) is 123 Å². The van der Waals surface area contributed by atoms with Crippen LogP contribution in [-0.2, 0) is 99.8 Å². The van der Waals surface area contributed by atoms with Crippen molar-refractivity contribution >= 4 is 54.0 Å². The number of aromatic hydroxyl groups is 2. The quantitative estimate of drug-likeness (QED) is 0.0133. The van der Waals surface area contributed by atoms with Crippen molar-refractivity contribution in [3.63, 3.8) is 0 Å². The van der Waals surface area contributed by atoms with Crippen molar-refractivity contribution in [1.82, 2.24) is 0 Å². The van der Waals surface area contributed by atoms with E-state index < -0.39 is 253 Å². The summed E-state index contributed by atoms with van der Waals surface area (Å²) in [6.07, 6.45) is -52.9. The predicted molar refractivity (Wildman–Crippen MR) is 376 cm³/mol. The van der Waals surface area contributed by atoms with E-state index in [-0.39, 0.29) is 34.1 Å². The van der Waals surface area contributed by atoms with Crippen molar-refractivity contribution in [2.24, 2.45) is 0 Å². The van der Waals surface area contributed by atoms with Crippen LogP contribution in [0.4, 0.5) is 0 Å². The second-order valence-corrected chi connectivity index (χ2v) is 27.1. The molecule has 16 N–H and O–H groups in total. The third-order valence-corrected chi connectivity index (χ3v) is 19.1. The molecule has 10 rings (SSSR count). The molecular weight excluding hydrogens is 1540 g/mol. The third-order valence-electron chi connectivity index (χ3n) is 19.1. The van der Waals surface area contributed by atoms with Gasteiger partial charge in [-0.3, -0.25) is 9.59 Å². The standard InChI is InChI=1S/C75H90O40/c1-33-52(86)56(90)59(93)70(102-33)104-41-20-12-37(13-21-41)16-25-51(85)109-64-46(29-78)106-74(115-75(32-101-50(84)23-15-36-10-18-40(81)19-11-36)68(55(89)44(27-76)114-75)113-69(97)39-8-6-5-7-9-39)67(112-72-61(95)58(92)54(88)48(108-72)31-100-49(83)24-17-38-14-22-42(82)43(26-38)98-4)66(64)111-73-62(96)65(63(103-35(3)80)45(28-77)105-73)110-71-60(94)57(91)53(87)47(107-71)30-99-34(2)79/h5-26,33,44-48,52-68,70-74,76-78,81-82,86-96H,27-32H2,1-4H3/b23-15+,24-17+,25-16+/t33-,44+,45+,46+,47+,48+,52-,53+,54+,55+,56+,57-,58-,59+,60+,61+,62+,63+,64+,65+,66-,67+,68-,70-,71-,72-,73-,74+,75-/m0/s1. The number of carbonyl (C=O) groups is 6. The number of esters is 6. The van der Waals surface area contributed by atoms with Gasteiger partial charge in [-0.25, -0.2) is 19.2 Å². The third kappa shape index (κ3) is 21.7. The molecule has 6 saturated heterocycles. The van der Waals surface area contributed by atoms with Gasteiger partial charge in [0.05, 0.1) is 38.6 Å². The molecule has 0 amide bonds. The zero-order valence-electron chi connectivity index (χ0n) is 61.6. The summed E-state index contributed by atoms with van der Waals surface area (Å²) in [6.45, 7) is -3.54. The number of carbonyl (C=O) groups excluding carboxylic acids is 6. The molecule has 0 unspecified atom stereocenters. The number of aliphatic hydroxyl groups excluding tert-OH is 14. The maximum Gasteiger partial charge on any atom is 0.338 e. The number of hydrogen-bond donors (Lipinski definition) is 16. The molecule has 6 fully saturated rings. The normalized spacial score (nSPS) is 35.6. The van der Waals surface area contributed by atoms with E-state index in [9.17, 15) is 110 Å². The number of ether oxygens (including phenoxy) is 18. The molecule has 0 bridgehead atoms. The van der Waals surface area contributed by atoms with Gasteiger partial charge in [0.1, 0.15) is 147 Å². The molecule has 630 valence electrons. The molecule has 0 spiro atoms. The number of phenolic OH excluding ortho intramolecular Hbond substituents is 2. The van der Waals surface area contributed by atoms with Gasteiger partial charge in [0, 0.05) is 32.1 Å². The van der Waals surface area contributed by atoms with E-state index in [0.717, 1.165) is 38.2 Å². The Morgan fingerprint density at radius 1 is 0.443 bits per heavy atom. The van der Waals surface area contributed by atoms with Crippen molar-refractivity contribution in [2.45, 2.75) is 198 Å². The van der Waals surface area contributed by atoms with Crippen LogP contribution in [0, 0.1) is 0 Å². The van der Waals surface area contributed by atoms with Gasteiger partial charge in [-0.15, -0.1) is 0 Å². The van der Waals surface area contributed by atoms with Crippen LogP contribution in [0.15, 0.2) is 115 Å². The summed E-state index contributed by atoms with van der Waals surface area (Å²) in [7, 11) is 1.28. The number of aliphatic hydroxyl groups is 14. The summed E-state index contributed by atoms with van der Waals surface area (Å²) in [5.41, 5.74) is 0.655. The molecule has 6 aliphatic rings. The van der Waals surface area contributed by atoms with Crippen molar-refractivity contribution in [3.8, 4) is 23.0 Å². The van der Waals surface area contributed by atoms with Crippen molar-refractivity contribution in [1.29, 1.82) is 0 Å². The molecular formula is C75H90O40. The molecule has 115 heavy (non-hydrogen) atoms. The second kappa shape index (κ2) is 39.9. The lowest BCUT2D eigenvalue weighted by atomic mass is 9.95. The molecule has 0 saturated carbocycles. The topological polar surface area (TPSA) is 592 Å². The molecule has 29 atom stereocenters. The number of methoxy groups -OCH3 is 1. The lowest BCUT2D eigenvalue weighted by Gasteiger charge is -2.51. The van der Waals surface area contributed by atoms with E-state index in [1.54, 1.807) is 0 Å². The van der Waals surface area contributed by atoms with Gasteiger partial charge in [0.25, 0.3) is 0 Å².